The number of allylic oxidation sites excluding steroid dienone is 1. The van der Waals surface area contributed by atoms with Gasteiger partial charge in [-0.05, 0) is 73.9 Å². The first-order chi connectivity index (χ1) is 15.1. The van der Waals surface area contributed by atoms with E-state index in [1.807, 2.05) is 4.90 Å². The monoisotopic (exact) mass is 424 g/mol. The minimum Gasteiger partial charge on any atom is -0.374 e. The second-order valence-electron chi connectivity index (χ2n) is 8.47. The summed E-state index contributed by atoms with van der Waals surface area (Å²) in [5.74, 6) is -0.371. The zero-order chi connectivity index (χ0) is 21.6. The van der Waals surface area contributed by atoms with Crippen LogP contribution in [0, 0.1) is 11.6 Å². The van der Waals surface area contributed by atoms with Gasteiger partial charge < -0.3 is 9.80 Å². The first-order valence-electron chi connectivity index (χ1n) is 11.4. The Morgan fingerprint density at radius 2 is 1.10 bits per heavy atom. The minimum absolute atomic E-state index is 0.203. The average molecular weight is 425 g/mol. The summed E-state index contributed by atoms with van der Waals surface area (Å²) >= 11 is 0. The van der Waals surface area contributed by atoms with Crippen LogP contribution in [0.1, 0.15) is 56.1 Å². The van der Waals surface area contributed by atoms with Crippen molar-refractivity contribution in [3.8, 4) is 0 Å². The maximum absolute atomic E-state index is 13.6. The fraction of sp³-hybridized carbons (Fsp3) is 0.423. The van der Waals surface area contributed by atoms with E-state index in [9.17, 15) is 13.6 Å². The SMILES string of the molecule is O=C(CCC(=C(c1ccc(F)cc1)c1ccc(F)cc1)N1CCCC1)N1CCCCC1. The van der Waals surface area contributed by atoms with Gasteiger partial charge in [-0.15, -0.1) is 0 Å². The second kappa shape index (κ2) is 10.1. The van der Waals surface area contributed by atoms with Gasteiger partial charge in [-0.1, -0.05) is 24.3 Å². The van der Waals surface area contributed by atoms with Crippen LogP contribution in [0.25, 0.3) is 5.57 Å². The Bertz CT molecular complexity index is 862. The first-order valence-corrected chi connectivity index (χ1v) is 11.4. The molecular weight excluding hydrogens is 394 g/mol. The van der Waals surface area contributed by atoms with E-state index in [0.717, 1.165) is 74.3 Å². The quantitative estimate of drug-likeness (QED) is 0.602. The summed E-state index contributed by atoms with van der Waals surface area (Å²) in [7, 11) is 0. The summed E-state index contributed by atoms with van der Waals surface area (Å²) in [6.45, 7) is 3.59. The van der Waals surface area contributed by atoms with Crippen LogP contribution in [0.2, 0.25) is 0 Å². The predicted molar refractivity (Wildman–Crippen MR) is 119 cm³/mol. The van der Waals surface area contributed by atoms with Crippen molar-refractivity contribution in [1.82, 2.24) is 9.80 Å². The van der Waals surface area contributed by atoms with Crippen LogP contribution in [0.5, 0.6) is 0 Å². The number of amides is 1. The number of halogens is 2. The predicted octanol–water partition coefficient (Wildman–Crippen LogP) is 5.61. The molecule has 164 valence electrons. The molecule has 0 aliphatic carbocycles. The van der Waals surface area contributed by atoms with Crippen LogP contribution in [0.3, 0.4) is 0 Å². The third kappa shape index (κ3) is 5.33. The summed E-state index contributed by atoms with van der Waals surface area (Å²) in [6, 6.07) is 12.9. The van der Waals surface area contributed by atoms with E-state index in [1.54, 1.807) is 24.3 Å². The molecule has 0 bridgehead atoms. The molecule has 2 aromatic rings. The van der Waals surface area contributed by atoms with E-state index in [0.29, 0.717) is 12.8 Å². The summed E-state index contributed by atoms with van der Waals surface area (Å²) in [4.78, 5) is 17.2. The van der Waals surface area contributed by atoms with Crippen molar-refractivity contribution in [2.75, 3.05) is 26.2 Å². The normalized spacial score (nSPS) is 16.5. The lowest BCUT2D eigenvalue weighted by atomic mass is 9.93. The molecule has 0 radical (unpaired) electrons. The number of hydrogen-bond donors (Lipinski definition) is 0. The van der Waals surface area contributed by atoms with Crippen LogP contribution in [0.15, 0.2) is 54.2 Å². The lowest BCUT2D eigenvalue weighted by Crippen LogP contribution is -2.35. The Morgan fingerprint density at radius 3 is 1.61 bits per heavy atom. The van der Waals surface area contributed by atoms with Crippen LogP contribution in [-0.4, -0.2) is 41.9 Å². The van der Waals surface area contributed by atoms with E-state index in [4.69, 9.17) is 0 Å². The van der Waals surface area contributed by atoms with Crippen LogP contribution < -0.4 is 0 Å². The standard InChI is InChI=1S/C26H30F2N2O/c27-22-10-6-20(7-11-22)26(21-8-12-23(28)13-9-21)24(29-16-4-5-17-29)14-15-25(31)30-18-2-1-3-19-30/h6-13H,1-5,14-19H2. The number of likely N-dealkylation sites (tertiary alicyclic amines) is 2. The molecule has 0 atom stereocenters. The average Bonchev–Trinajstić information content (AvgIpc) is 3.33. The Balaban J connectivity index is 1.71. The smallest absolute Gasteiger partial charge is 0.222 e. The highest BCUT2D eigenvalue weighted by Gasteiger charge is 2.23. The van der Waals surface area contributed by atoms with Crippen molar-refractivity contribution < 1.29 is 13.6 Å². The van der Waals surface area contributed by atoms with Crippen molar-refractivity contribution in [3.05, 3.63) is 77.0 Å². The zero-order valence-corrected chi connectivity index (χ0v) is 18.0. The lowest BCUT2D eigenvalue weighted by Gasteiger charge is -2.29. The fourth-order valence-electron chi connectivity index (χ4n) is 4.69. The number of hydrogen-bond acceptors (Lipinski definition) is 2. The molecule has 0 aromatic heterocycles. The van der Waals surface area contributed by atoms with Crippen molar-refractivity contribution in [2.24, 2.45) is 0 Å². The van der Waals surface area contributed by atoms with E-state index >= 15 is 0 Å². The van der Waals surface area contributed by atoms with E-state index < -0.39 is 0 Å². The van der Waals surface area contributed by atoms with Crippen LogP contribution in [0.4, 0.5) is 8.78 Å². The molecule has 2 heterocycles. The molecule has 0 saturated carbocycles. The molecular formula is C26H30F2N2O. The molecule has 2 fully saturated rings. The lowest BCUT2D eigenvalue weighted by molar-refractivity contribution is -0.132. The van der Waals surface area contributed by atoms with Gasteiger partial charge in [0.2, 0.25) is 5.91 Å². The van der Waals surface area contributed by atoms with E-state index in [2.05, 4.69) is 4.90 Å². The molecule has 0 N–H and O–H groups in total. The number of benzene rings is 2. The first kappa shape index (κ1) is 21.5. The van der Waals surface area contributed by atoms with Gasteiger partial charge in [-0.25, -0.2) is 8.78 Å². The largest absolute Gasteiger partial charge is 0.374 e. The van der Waals surface area contributed by atoms with Crippen molar-refractivity contribution in [3.63, 3.8) is 0 Å². The number of nitrogens with zero attached hydrogens (tertiary/aromatic N) is 2. The third-order valence-corrected chi connectivity index (χ3v) is 6.33. The molecule has 4 rings (SSSR count). The highest BCUT2D eigenvalue weighted by Crippen LogP contribution is 2.33. The molecule has 31 heavy (non-hydrogen) atoms. The van der Waals surface area contributed by atoms with Crippen molar-refractivity contribution in [2.45, 2.75) is 44.9 Å². The molecule has 3 nitrogen and oxygen atoms in total. The van der Waals surface area contributed by atoms with E-state index in [-0.39, 0.29) is 17.5 Å². The second-order valence-corrected chi connectivity index (χ2v) is 8.47. The Labute approximate surface area is 183 Å². The third-order valence-electron chi connectivity index (χ3n) is 6.33. The fourth-order valence-corrected chi connectivity index (χ4v) is 4.69. The number of piperidine rings is 1. The van der Waals surface area contributed by atoms with Crippen molar-refractivity contribution >= 4 is 11.5 Å². The summed E-state index contributed by atoms with van der Waals surface area (Å²) in [5.41, 5.74) is 3.84. The van der Waals surface area contributed by atoms with Gasteiger partial charge in [-0.2, -0.15) is 0 Å². The van der Waals surface area contributed by atoms with Gasteiger partial charge in [0.1, 0.15) is 11.6 Å². The van der Waals surface area contributed by atoms with Crippen LogP contribution >= 0.6 is 0 Å². The summed E-state index contributed by atoms with van der Waals surface area (Å²) in [6.07, 6.45) is 6.67. The van der Waals surface area contributed by atoms with Gasteiger partial charge in [0.25, 0.3) is 0 Å². The maximum atomic E-state index is 13.6. The van der Waals surface area contributed by atoms with Crippen molar-refractivity contribution in [1.29, 1.82) is 0 Å². The minimum atomic E-state index is -0.287. The van der Waals surface area contributed by atoms with E-state index in [1.165, 1.54) is 30.7 Å². The van der Waals surface area contributed by atoms with Crippen LogP contribution in [-0.2, 0) is 4.79 Å². The maximum Gasteiger partial charge on any atom is 0.222 e. The molecule has 0 unspecified atom stereocenters. The molecule has 2 aliphatic rings. The molecule has 2 aromatic carbocycles. The zero-order valence-electron chi connectivity index (χ0n) is 18.0. The molecule has 5 heteroatoms. The summed E-state index contributed by atoms with van der Waals surface area (Å²) < 4.78 is 27.3. The van der Waals surface area contributed by atoms with Gasteiger partial charge >= 0.3 is 0 Å². The highest BCUT2D eigenvalue weighted by molar-refractivity contribution is 5.83. The molecule has 1 amide bonds. The van der Waals surface area contributed by atoms with Gasteiger partial charge in [0.15, 0.2) is 0 Å². The number of rotatable bonds is 6. The summed E-state index contributed by atoms with van der Waals surface area (Å²) in [5, 5.41) is 0. The Kier molecular flexibility index (Phi) is 7.00. The number of carbonyl (C=O) groups excluding carboxylic acids is 1. The van der Waals surface area contributed by atoms with Gasteiger partial charge in [-0.3, -0.25) is 4.79 Å². The Morgan fingerprint density at radius 1 is 0.645 bits per heavy atom. The molecule has 0 spiro atoms. The topological polar surface area (TPSA) is 23.6 Å². The molecule has 2 saturated heterocycles. The number of carbonyl (C=O) groups is 1. The van der Waals surface area contributed by atoms with Gasteiger partial charge in [0.05, 0.1) is 0 Å². The Hall–Kier alpha value is -2.69. The van der Waals surface area contributed by atoms with Gasteiger partial charge in [0, 0.05) is 43.9 Å². The highest BCUT2D eigenvalue weighted by atomic mass is 19.1. The molecule has 2 aliphatic heterocycles.